The lowest BCUT2D eigenvalue weighted by Crippen LogP contribution is -2.32. The summed E-state index contributed by atoms with van der Waals surface area (Å²) in [5.41, 5.74) is 1.92. The van der Waals surface area contributed by atoms with E-state index in [9.17, 15) is 14.4 Å². The fraction of sp³-hybridized carbons (Fsp3) is 0.300. The number of nitrogens with one attached hydrogen (secondary N) is 1. The number of benzene rings is 1. The van der Waals surface area contributed by atoms with Gasteiger partial charge in [-0.25, -0.2) is 0 Å². The van der Waals surface area contributed by atoms with Crippen LogP contribution in [0.1, 0.15) is 35.6 Å². The van der Waals surface area contributed by atoms with Crippen molar-refractivity contribution in [3.05, 3.63) is 62.7 Å². The standard InChI is InChI=1S/C20H20ClN5O3/c1-11(2)24-9-15-18(20(24)29)25(17-8-12(3)23-26(17)19(15)28)10-16(27)22-14-6-4-13(21)5-7-14/h4-8,11H,9-10H2,1-3H3,(H,22,27). The predicted octanol–water partition coefficient (Wildman–Crippen LogP) is 2.46. The van der Waals surface area contributed by atoms with Gasteiger partial charge in [0.1, 0.15) is 17.9 Å². The van der Waals surface area contributed by atoms with Gasteiger partial charge in [0.2, 0.25) is 5.91 Å². The Labute approximate surface area is 171 Å². The predicted molar refractivity (Wildman–Crippen MR) is 109 cm³/mol. The molecule has 29 heavy (non-hydrogen) atoms. The Hall–Kier alpha value is -3.13. The lowest BCUT2D eigenvalue weighted by Gasteiger charge is -2.20. The molecule has 2 aromatic heterocycles. The molecular formula is C20H20ClN5O3. The second kappa shape index (κ2) is 7.04. The van der Waals surface area contributed by atoms with Gasteiger partial charge < -0.3 is 14.8 Å². The van der Waals surface area contributed by atoms with E-state index in [0.717, 1.165) is 0 Å². The van der Waals surface area contributed by atoms with Crippen LogP contribution in [0.5, 0.6) is 0 Å². The Morgan fingerprint density at radius 1 is 1.24 bits per heavy atom. The van der Waals surface area contributed by atoms with Crippen LogP contribution in [0, 0.1) is 6.92 Å². The molecule has 0 atom stereocenters. The molecule has 0 unspecified atom stereocenters. The van der Waals surface area contributed by atoms with Gasteiger partial charge in [-0.3, -0.25) is 14.4 Å². The van der Waals surface area contributed by atoms with E-state index in [1.807, 2.05) is 13.8 Å². The van der Waals surface area contributed by atoms with Gasteiger partial charge in [0.25, 0.3) is 11.5 Å². The summed E-state index contributed by atoms with van der Waals surface area (Å²) in [4.78, 5) is 40.3. The maximum Gasteiger partial charge on any atom is 0.280 e. The zero-order valence-electron chi connectivity index (χ0n) is 16.3. The first-order valence-electron chi connectivity index (χ1n) is 9.24. The van der Waals surface area contributed by atoms with Gasteiger partial charge >= 0.3 is 0 Å². The van der Waals surface area contributed by atoms with Gasteiger partial charge in [-0.2, -0.15) is 9.61 Å². The van der Waals surface area contributed by atoms with Gasteiger partial charge in [-0.15, -0.1) is 0 Å². The Kier molecular flexibility index (Phi) is 4.66. The number of carbonyl (C=O) groups excluding carboxylic acids is 2. The van der Waals surface area contributed by atoms with Crippen molar-refractivity contribution in [3.8, 4) is 0 Å². The minimum absolute atomic E-state index is 0.0697. The second-order valence-corrected chi connectivity index (χ2v) is 7.79. The molecule has 0 bridgehead atoms. The number of fused-ring (bicyclic) bond motifs is 2. The largest absolute Gasteiger partial charge is 0.330 e. The zero-order valence-corrected chi connectivity index (χ0v) is 17.0. The van der Waals surface area contributed by atoms with Crippen LogP contribution in [-0.2, 0) is 17.9 Å². The van der Waals surface area contributed by atoms with E-state index in [-0.39, 0.29) is 42.2 Å². The number of anilines is 1. The molecule has 3 aromatic rings. The average molecular weight is 414 g/mol. The van der Waals surface area contributed by atoms with E-state index in [1.54, 1.807) is 46.7 Å². The monoisotopic (exact) mass is 413 g/mol. The molecule has 4 rings (SSSR count). The van der Waals surface area contributed by atoms with Crippen LogP contribution in [0.25, 0.3) is 5.65 Å². The Bertz CT molecular complexity index is 1190. The van der Waals surface area contributed by atoms with Crippen LogP contribution >= 0.6 is 11.6 Å². The highest BCUT2D eigenvalue weighted by Crippen LogP contribution is 2.24. The highest BCUT2D eigenvalue weighted by molar-refractivity contribution is 6.30. The van der Waals surface area contributed by atoms with Gasteiger partial charge in [0.05, 0.1) is 17.8 Å². The molecule has 1 N–H and O–H groups in total. The van der Waals surface area contributed by atoms with Crippen molar-refractivity contribution < 1.29 is 9.59 Å². The van der Waals surface area contributed by atoms with Crippen molar-refractivity contribution in [1.29, 1.82) is 0 Å². The summed E-state index contributed by atoms with van der Waals surface area (Å²) in [5.74, 6) is -0.581. The maximum absolute atomic E-state index is 13.0. The number of amides is 2. The van der Waals surface area contributed by atoms with E-state index in [0.29, 0.717) is 27.6 Å². The second-order valence-electron chi connectivity index (χ2n) is 7.36. The SMILES string of the molecule is Cc1cc2n(CC(=O)Nc3ccc(Cl)cc3)c3c(c(=O)n2n1)CN(C(C)C)C3=O. The van der Waals surface area contributed by atoms with Crippen molar-refractivity contribution in [3.63, 3.8) is 0 Å². The summed E-state index contributed by atoms with van der Waals surface area (Å²) in [6.45, 7) is 5.62. The van der Waals surface area contributed by atoms with Crippen LogP contribution in [0.4, 0.5) is 5.69 Å². The molecule has 3 heterocycles. The van der Waals surface area contributed by atoms with E-state index in [4.69, 9.17) is 11.6 Å². The molecule has 1 aliphatic rings. The molecule has 2 amide bonds. The highest BCUT2D eigenvalue weighted by atomic mass is 35.5. The average Bonchev–Trinajstić information content (AvgIpc) is 3.21. The van der Waals surface area contributed by atoms with Crippen LogP contribution in [-0.4, -0.2) is 36.9 Å². The molecule has 0 radical (unpaired) electrons. The third-order valence-electron chi connectivity index (χ3n) is 4.94. The summed E-state index contributed by atoms with van der Waals surface area (Å²) >= 11 is 5.88. The number of carbonyl (C=O) groups is 2. The smallest absolute Gasteiger partial charge is 0.280 e. The first-order chi connectivity index (χ1) is 13.8. The molecule has 0 saturated heterocycles. The molecule has 8 nitrogen and oxygen atoms in total. The molecule has 150 valence electrons. The molecule has 1 aromatic carbocycles. The molecule has 9 heteroatoms. The fourth-order valence-corrected chi connectivity index (χ4v) is 3.68. The van der Waals surface area contributed by atoms with Crippen molar-refractivity contribution in [2.24, 2.45) is 0 Å². The van der Waals surface area contributed by atoms with Gasteiger partial charge in [-0.1, -0.05) is 11.6 Å². The number of nitrogens with zero attached hydrogens (tertiary/aromatic N) is 4. The topological polar surface area (TPSA) is 88.7 Å². The maximum atomic E-state index is 13.0. The molecule has 1 aliphatic heterocycles. The normalized spacial score (nSPS) is 13.4. The number of aromatic nitrogens is 3. The molecule has 0 saturated carbocycles. The Morgan fingerprint density at radius 3 is 2.59 bits per heavy atom. The van der Waals surface area contributed by atoms with Crippen molar-refractivity contribution in [2.45, 2.75) is 39.9 Å². The van der Waals surface area contributed by atoms with Gasteiger partial charge in [-0.05, 0) is 45.0 Å². The molecule has 0 spiro atoms. The summed E-state index contributed by atoms with van der Waals surface area (Å²) in [5, 5.41) is 7.61. The number of hydrogen-bond acceptors (Lipinski definition) is 4. The first kappa shape index (κ1) is 19.2. The summed E-state index contributed by atoms with van der Waals surface area (Å²) in [6.07, 6.45) is 0. The molecule has 0 fully saturated rings. The summed E-state index contributed by atoms with van der Waals surface area (Å²) in [6, 6.07) is 8.37. The van der Waals surface area contributed by atoms with E-state index in [2.05, 4.69) is 10.4 Å². The third kappa shape index (κ3) is 3.29. The Morgan fingerprint density at radius 2 is 1.93 bits per heavy atom. The summed E-state index contributed by atoms with van der Waals surface area (Å²) in [7, 11) is 0. The number of halogens is 1. The minimum atomic E-state index is -0.325. The number of hydrogen-bond donors (Lipinski definition) is 1. The van der Waals surface area contributed by atoms with Crippen LogP contribution < -0.4 is 10.9 Å². The summed E-state index contributed by atoms with van der Waals surface area (Å²) < 4.78 is 2.84. The number of rotatable bonds is 4. The van der Waals surface area contributed by atoms with Crippen LogP contribution in [0.15, 0.2) is 35.1 Å². The lowest BCUT2D eigenvalue weighted by molar-refractivity contribution is -0.116. The third-order valence-corrected chi connectivity index (χ3v) is 5.19. The number of aryl methyl sites for hydroxylation is 1. The Balaban J connectivity index is 1.78. The molecular weight excluding hydrogens is 394 g/mol. The lowest BCUT2D eigenvalue weighted by atomic mass is 10.2. The van der Waals surface area contributed by atoms with Crippen LogP contribution in [0.3, 0.4) is 0 Å². The van der Waals surface area contributed by atoms with E-state index in [1.165, 1.54) is 4.52 Å². The fourth-order valence-electron chi connectivity index (χ4n) is 3.55. The quantitative estimate of drug-likeness (QED) is 0.711. The van der Waals surface area contributed by atoms with Gasteiger partial charge in [0, 0.05) is 22.8 Å². The minimum Gasteiger partial charge on any atom is -0.330 e. The van der Waals surface area contributed by atoms with Crippen molar-refractivity contribution in [1.82, 2.24) is 19.1 Å². The van der Waals surface area contributed by atoms with E-state index >= 15 is 0 Å². The van der Waals surface area contributed by atoms with Crippen molar-refractivity contribution >= 4 is 34.7 Å². The van der Waals surface area contributed by atoms with Crippen molar-refractivity contribution in [2.75, 3.05) is 5.32 Å². The highest BCUT2D eigenvalue weighted by Gasteiger charge is 2.36. The van der Waals surface area contributed by atoms with E-state index < -0.39 is 0 Å². The zero-order chi connectivity index (χ0) is 20.9. The molecule has 0 aliphatic carbocycles. The first-order valence-corrected chi connectivity index (χ1v) is 9.62. The van der Waals surface area contributed by atoms with Crippen LogP contribution in [0.2, 0.25) is 5.02 Å². The van der Waals surface area contributed by atoms with Gasteiger partial charge in [0.15, 0.2) is 0 Å².